The van der Waals surface area contributed by atoms with Gasteiger partial charge in [0.2, 0.25) is 5.91 Å². The third kappa shape index (κ3) is 3.18. The molecular formula is C15H10ClF3N4O. The van der Waals surface area contributed by atoms with Crippen molar-refractivity contribution in [3.8, 4) is 0 Å². The number of fused-ring (bicyclic) bond motifs is 1. The van der Waals surface area contributed by atoms with Crippen LogP contribution in [0.2, 0.25) is 5.02 Å². The number of benzene rings is 2. The molecule has 0 saturated carbocycles. The van der Waals surface area contributed by atoms with Crippen molar-refractivity contribution in [3.05, 3.63) is 53.1 Å². The van der Waals surface area contributed by atoms with Gasteiger partial charge in [0.25, 0.3) is 0 Å². The summed E-state index contributed by atoms with van der Waals surface area (Å²) in [5.74, 6) is -0.691. The van der Waals surface area contributed by atoms with Crippen LogP contribution in [-0.2, 0) is 17.5 Å². The minimum absolute atomic E-state index is 0.193. The molecule has 0 fully saturated rings. The summed E-state index contributed by atoms with van der Waals surface area (Å²) in [6.45, 7) is -0.289. The van der Waals surface area contributed by atoms with Crippen molar-refractivity contribution < 1.29 is 18.0 Å². The van der Waals surface area contributed by atoms with Crippen molar-refractivity contribution in [1.29, 1.82) is 0 Å². The average Bonchev–Trinajstić information content (AvgIpc) is 2.91. The predicted molar refractivity (Wildman–Crippen MR) is 82.6 cm³/mol. The minimum atomic E-state index is -4.63. The van der Waals surface area contributed by atoms with Crippen LogP contribution in [0, 0.1) is 0 Å². The molecule has 3 aromatic rings. The molecule has 0 aliphatic rings. The molecule has 1 amide bonds. The Kier molecular flexibility index (Phi) is 4.15. The second-order valence-corrected chi connectivity index (χ2v) is 5.35. The highest BCUT2D eigenvalue weighted by Gasteiger charge is 2.34. The number of nitrogens with zero attached hydrogens (tertiary/aromatic N) is 3. The van der Waals surface area contributed by atoms with Crippen molar-refractivity contribution in [2.75, 3.05) is 5.32 Å². The van der Waals surface area contributed by atoms with E-state index in [1.54, 1.807) is 24.3 Å². The van der Waals surface area contributed by atoms with E-state index in [9.17, 15) is 18.0 Å². The third-order valence-electron chi connectivity index (χ3n) is 3.30. The summed E-state index contributed by atoms with van der Waals surface area (Å²) in [6, 6.07) is 10.2. The SMILES string of the molecule is O=C(Cn1nnc2ccccc21)Nc1c(Cl)cccc1C(F)(F)F. The van der Waals surface area contributed by atoms with Crippen LogP contribution in [-0.4, -0.2) is 20.9 Å². The Morgan fingerprint density at radius 2 is 1.92 bits per heavy atom. The van der Waals surface area contributed by atoms with Gasteiger partial charge in [-0.2, -0.15) is 13.2 Å². The molecule has 0 atom stereocenters. The molecule has 3 rings (SSSR count). The summed E-state index contributed by atoms with van der Waals surface area (Å²) in [5.41, 5.74) is -0.297. The molecule has 9 heteroatoms. The van der Waals surface area contributed by atoms with E-state index in [1.807, 2.05) is 0 Å². The lowest BCUT2D eigenvalue weighted by molar-refractivity contribution is -0.137. The zero-order valence-electron chi connectivity index (χ0n) is 12.0. The quantitative estimate of drug-likeness (QED) is 0.779. The molecule has 24 heavy (non-hydrogen) atoms. The second kappa shape index (κ2) is 6.12. The number of aromatic nitrogens is 3. The molecule has 2 aromatic carbocycles. The number of halogens is 4. The van der Waals surface area contributed by atoms with Crippen molar-refractivity contribution in [2.24, 2.45) is 0 Å². The normalized spacial score (nSPS) is 11.7. The van der Waals surface area contributed by atoms with E-state index in [0.717, 1.165) is 6.07 Å². The number of anilines is 1. The standard InChI is InChI=1S/C15H10ClF3N4O/c16-10-5-3-4-9(15(17,18)19)14(10)20-13(24)8-23-12-7-2-1-6-11(12)21-22-23/h1-7H,8H2,(H,20,24). The monoisotopic (exact) mass is 354 g/mol. The van der Waals surface area contributed by atoms with E-state index in [2.05, 4.69) is 15.6 Å². The van der Waals surface area contributed by atoms with E-state index in [0.29, 0.717) is 11.0 Å². The lowest BCUT2D eigenvalue weighted by Crippen LogP contribution is -2.22. The summed E-state index contributed by atoms with van der Waals surface area (Å²) >= 11 is 5.81. The van der Waals surface area contributed by atoms with Crippen LogP contribution in [0.15, 0.2) is 42.5 Å². The van der Waals surface area contributed by atoms with Gasteiger partial charge in [-0.15, -0.1) is 5.10 Å². The Labute approximate surface area is 139 Å². The van der Waals surface area contributed by atoms with Crippen LogP contribution in [0.3, 0.4) is 0 Å². The number of amides is 1. The van der Waals surface area contributed by atoms with Gasteiger partial charge >= 0.3 is 6.18 Å². The van der Waals surface area contributed by atoms with Crippen molar-refractivity contribution in [1.82, 2.24) is 15.0 Å². The Hall–Kier alpha value is -2.61. The van der Waals surface area contributed by atoms with E-state index in [1.165, 1.54) is 16.8 Å². The zero-order chi connectivity index (χ0) is 17.3. The van der Waals surface area contributed by atoms with Gasteiger partial charge in [-0.1, -0.05) is 35.0 Å². The van der Waals surface area contributed by atoms with Crippen molar-refractivity contribution in [3.63, 3.8) is 0 Å². The highest BCUT2D eigenvalue weighted by atomic mass is 35.5. The first-order valence-electron chi connectivity index (χ1n) is 6.80. The maximum absolute atomic E-state index is 13.0. The highest BCUT2D eigenvalue weighted by Crippen LogP contribution is 2.38. The molecule has 0 radical (unpaired) electrons. The van der Waals surface area contributed by atoms with Gasteiger partial charge in [0.1, 0.15) is 12.1 Å². The summed E-state index contributed by atoms with van der Waals surface area (Å²) in [4.78, 5) is 12.1. The topological polar surface area (TPSA) is 59.8 Å². The van der Waals surface area contributed by atoms with Crippen LogP contribution in [0.1, 0.15) is 5.56 Å². The van der Waals surface area contributed by atoms with Crippen molar-refractivity contribution in [2.45, 2.75) is 12.7 Å². The predicted octanol–water partition coefficient (Wildman–Crippen LogP) is 3.74. The number of carbonyl (C=O) groups is 1. The maximum Gasteiger partial charge on any atom is 0.418 e. The molecule has 0 aliphatic carbocycles. The van der Waals surface area contributed by atoms with Gasteiger partial charge in [0.15, 0.2) is 0 Å². The number of carbonyl (C=O) groups excluding carboxylic acids is 1. The first-order chi connectivity index (χ1) is 11.4. The maximum atomic E-state index is 13.0. The molecule has 1 aromatic heterocycles. The Bertz CT molecular complexity index is 907. The third-order valence-corrected chi connectivity index (χ3v) is 3.61. The van der Waals surface area contributed by atoms with Crippen LogP contribution < -0.4 is 5.32 Å². The number of hydrogen-bond donors (Lipinski definition) is 1. The smallest absolute Gasteiger partial charge is 0.323 e. The minimum Gasteiger partial charge on any atom is -0.323 e. The summed E-state index contributed by atoms with van der Waals surface area (Å²) in [5, 5.41) is 9.72. The highest BCUT2D eigenvalue weighted by molar-refractivity contribution is 6.34. The van der Waals surface area contributed by atoms with Gasteiger partial charge in [-0.3, -0.25) is 4.79 Å². The molecule has 0 spiro atoms. The van der Waals surface area contributed by atoms with Gasteiger partial charge in [0, 0.05) is 0 Å². The fraction of sp³-hybridized carbons (Fsp3) is 0.133. The molecule has 0 unspecified atom stereocenters. The molecule has 0 bridgehead atoms. The largest absolute Gasteiger partial charge is 0.418 e. The fourth-order valence-electron chi connectivity index (χ4n) is 2.24. The van der Waals surface area contributed by atoms with Gasteiger partial charge in [-0.25, -0.2) is 4.68 Å². The summed E-state index contributed by atoms with van der Waals surface area (Å²) in [7, 11) is 0. The molecule has 5 nitrogen and oxygen atoms in total. The van der Waals surface area contributed by atoms with Gasteiger partial charge in [0.05, 0.1) is 21.8 Å². The fourth-order valence-corrected chi connectivity index (χ4v) is 2.46. The molecule has 1 N–H and O–H groups in total. The van der Waals surface area contributed by atoms with Crippen LogP contribution in [0.4, 0.5) is 18.9 Å². The van der Waals surface area contributed by atoms with E-state index < -0.39 is 23.3 Å². The molecule has 124 valence electrons. The van der Waals surface area contributed by atoms with E-state index in [-0.39, 0.29) is 11.6 Å². The van der Waals surface area contributed by atoms with E-state index >= 15 is 0 Å². The van der Waals surface area contributed by atoms with Gasteiger partial charge < -0.3 is 5.32 Å². The van der Waals surface area contributed by atoms with Crippen LogP contribution in [0.5, 0.6) is 0 Å². The molecule has 0 aliphatic heterocycles. The number of rotatable bonds is 3. The second-order valence-electron chi connectivity index (χ2n) is 4.94. The molecule has 1 heterocycles. The Morgan fingerprint density at radius 1 is 1.17 bits per heavy atom. The van der Waals surface area contributed by atoms with Crippen LogP contribution >= 0.6 is 11.6 Å². The Balaban J connectivity index is 1.86. The number of nitrogens with one attached hydrogen (secondary N) is 1. The number of alkyl halides is 3. The first-order valence-corrected chi connectivity index (χ1v) is 7.18. The zero-order valence-corrected chi connectivity index (χ0v) is 12.8. The van der Waals surface area contributed by atoms with Crippen LogP contribution in [0.25, 0.3) is 11.0 Å². The summed E-state index contributed by atoms with van der Waals surface area (Å²) < 4.78 is 40.4. The average molecular weight is 355 g/mol. The number of hydrogen-bond acceptors (Lipinski definition) is 3. The van der Waals surface area contributed by atoms with E-state index in [4.69, 9.17) is 11.6 Å². The molecular weight excluding hydrogens is 345 g/mol. The lowest BCUT2D eigenvalue weighted by atomic mass is 10.1. The summed E-state index contributed by atoms with van der Waals surface area (Å²) in [6.07, 6.45) is -4.63. The first kappa shape index (κ1) is 16.3. The van der Waals surface area contributed by atoms with Gasteiger partial charge in [-0.05, 0) is 24.3 Å². The number of para-hydroxylation sites is 2. The molecule has 0 saturated heterocycles. The lowest BCUT2D eigenvalue weighted by Gasteiger charge is -2.15. The van der Waals surface area contributed by atoms with Crippen molar-refractivity contribution >= 4 is 34.2 Å². The Morgan fingerprint density at radius 3 is 2.67 bits per heavy atom.